The number of carbonyl (C=O) groups excluding carboxylic acids is 1. The van der Waals surface area contributed by atoms with Crippen molar-refractivity contribution < 1.29 is 4.79 Å². The summed E-state index contributed by atoms with van der Waals surface area (Å²) >= 11 is 0. The molecule has 0 atom stereocenters. The maximum atomic E-state index is 11.9. The quantitative estimate of drug-likeness (QED) is 0.720. The average Bonchev–Trinajstić information content (AvgIpc) is 2.71. The van der Waals surface area contributed by atoms with Crippen LogP contribution in [0.5, 0.6) is 0 Å². The van der Waals surface area contributed by atoms with E-state index in [2.05, 4.69) is 29.0 Å². The third-order valence-electron chi connectivity index (χ3n) is 2.76. The van der Waals surface area contributed by atoms with Gasteiger partial charge in [0.1, 0.15) is 6.33 Å². The molecule has 1 fully saturated rings. The number of aromatic amines is 1. The first-order valence-corrected chi connectivity index (χ1v) is 4.78. The van der Waals surface area contributed by atoms with Crippen LogP contribution in [0, 0.1) is 0 Å². The standard InChI is InChI=1S/C9H14N4O/c1-9(2)4-3-5-13(9)8(14)7-10-6-11-12-7/h6H,3-5H2,1-2H3,(H,10,11,12). The topological polar surface area (TPSA) is 61.9 Å². The summed E-state index contributed by atoms with van der Waals surface area (Å²) in [7, 11) is 0. The van der Waals surface area contributed by atoms with Crippen molar-refractivity contribution in [3.05, 3.63) is 12.2 Å². The summed E-state index contributed by atoms with van der Waals surface area (Å²) in [6.07, 6.45) is 3.47. The lowest BCUT2D eigenvalue weighted by molar-refractivity contribution is 0.0639. The minimum absolute atomic E-state index is 0.0509. The number of hydrogen-bond acceptors (Lipinski definition) is 3. The molecule has 0 aliphatic carbocycles. The molecule has 0 bridgehead atoms. The fourth-order valence-corrected chi connectivity index (χ4v) is 1.92. The van der Waals surface area contributed by atoms with Crippen molar-refractivity contribution in [2.45, 2.75) is 32.2 Å². The molecule has 76 valence electrons. The molecule has 2 rings (SSSR count). The molecule has 1 aliphatic rings. The average molecular weight is 194 g/mol. The van der Waals surface area contributed by atoms with E-state index >= 15 is 0 Å². The second-order valence-corrected chi connectivity index (χ2v) is 4.21. The van der Waals surface area contributed by atoms with Gasteiger partial charge in [0.2, 0.25) is 5.82 Å². The Labute approximate surface area is 82.5 Å². The van der Waals surface area contributed by atoms with Gasteiger partial charge in [0.25, 0.3) is 5.91 Å². The molecule has 1 aliphatic heterocycles. The summed E-state index contributed by atoms with van der Waals surface area (Å²) in [6, 6.07) is 0. The maximum absolute atomic E-state index is 11.9. The zero-order chi connectivity index (χ0) is 10.2. The zero-order valence-electron chi connectivity index (χ0n) is 8.45. The molecular weight excluding hydrogens is 180 g/mol. The maximum Gasteiger partial charge on any atom is 0.291 e. The molecule has 1 amide bonds. The number of nitrogens with zero attached hydrogens (tertiary/aromatic N) is 3. The van der Waals surface area contributed by atoms with E-state index in [-0.39, 0.29) is 11.4 Å². The van der Waals surface area contributed by atoms with Crippen LogP contribution in [0.4, 0.5) is 0 Å². The molecule has 2 heterocycles. The van der Waals surface area contributed by atoms with Gasteiger partial charge in [-0.2, -0.15) is 5.10 Å². The van der Waals surface area contributed by atoms with Gasteiger partial charge in [0.15, 0.2) is 0 Å². The molecule has 1 saturated heterocycles. The van der Waals surface area contributed by atoms with E-state index < -0.39 is 0 Å². The van der Waals surface area contributed by atoms with Gasteiger partial charge < -0.3 is 4.90 Å². The van der Waals surface area contributed by atoms with E-state index in [1.807, 2.05) is 4.90 Å². The van der Waals surface area contributed by atoms with E-state index in [9.17, 15) is 4.79 Å². The van der Waals surface area contributed by atoms with Crippen molar-refractivity contribution in [2.24, 2.45) is 0 Å². The number of H-pyrrole nitrogens is 1. The third-order valence-corrected chi connectivity index (χ3v) is 2.76. The number of hydrogen-bond donors (Lipinski definition) is 1. The molecule has 0 unspecified atom stereocenters. The Hall–Kier alpha value is -1.39. The second kappa shape index (κ2) is 3.08. The molecule has 0 saturated carbocycles. The van der Waals surface area contributed by atoms with Crippen LogP contribution >= 0.6 is 0 Å². The highest BCUT2D eigenvalue weighted by Crippen LogP contribution is 2.28. The highest BCUT2D eigenvalue weighted by atomic mass is 16.2. The van der Waals surface area contributed by atoms with Crippen molar-refractivity contribution >= 4 is 5.91 Å². The summed E-state index contributed by atoms with van der Waals surface area (Å²) in [5.74, 6) is 0.282. The van der Waals surface area contributed by atoms with Crippen LogP contribution in [0.3, 0.4) is 0 Å². The van der Waals surface area contributed by atoms with Gasteiger partial charge in [-0.15, -0.1) is 0 Å². The Morgan fingerprint density at radius 1 is 1.64 bits per heavy atom. The summed E-state index contributed by atoms with van der Waals surface area (Å²) in [6.45, 7) is 4.97. The Morgan fingerprint density at radius 3 is 2.93 bits per heavy atom. The van der Waals surface area contributed by atoms with E-state index in [0.29, 0.717) is 5.82 Å². The normalized spacial score (nSPS) is 20.0. The molecule has 1 aromatic heterocycles. The van der Waals surface area contributed by atoms with Crippen molar-refractivity contribution in [1.29, 1.82) is 0 Å². The molecule has 1 aromatic rings. The molecule has 0 radical (unpaired) electrons. The SMILES string of the molecule is CC1(C)CCCN1C(=O)c1ncn[nH]1. The third kappa shape index (κ3) is 1.38. The first kappa shape index (κ1) is 9.18. The predicted octanol–water partition coefficient (Wildman–Crippen LogP) is 0.819. The number of rotatable bonds is 1. The number of aromatic nitrogens is 3. The molecule has 0 spiro atoms. The van der Waals surface area contributed by atoms with E-state index in [4.69, 9.17) is 0 Å². The minimum Gasteiger partial charge on any atom is -0.331 e. The largest absolute Gasteiger partial charge is 0.331 e. The van der Waals surface area contributed by atoms with E-state index in [1.54, 1.807) is 0 Å². The van der Waals surface area contributed by atoms with Crippen LogP contribution in [0.1, 0.15) is 37.3 Å². The molecule has 5 nitrogen and oxygen atoms in total. The molecule has 1 N–H and O–H groups in total. The highest BCUT2D eigenvalue weighted by molar-refractivity contribution is 5.91. The minimum atomic E-state index is -0.0517. The summed E-state index contributed by atoms with van der Waals surface area (Å²) in [4.78, 5) is 17.6. The van der Waals surface area contributed by atoms with Crippen molar-refractivity contribution in [3.63, 3.8) is 0 Å². The van der Waals surface area contributed by atoms with Crippen LogP contribution in [0.25, 0.3) is 0 Å². The van der Waals surface area contributed by atoms with E-state index in [0.717, 1.165) is 19.4 Å². The van der Waals surface area contributed by atoms with E-state index in [1.165, 1.54) is 6.33 Å². The van der Waals surface area contributed by atoms with Crippen LogP contribution in [0.15, 0.2) is 6.33 Å². The van der Waals surface area contributed by atoms with Crippen LogP contribution in [0.2, 0.25) is 0 Å². The number of carbonyl (C=O) groups is 1. The monoisotopic (exact) mass is 194 g/mol. The smallest absolute Gasteiger partial charge is 0.291 e. The van der Waals surface area contributed by atoms with Gasteiger partial charge in [0, 0.05) is 12.1 Å². The number of likely N-dealkylation sites (tertiary alicyclic amines) is 1. The Morgan fingerprint density at radius 2 is 2.43 bits per heavy atom. The summed E-state index contributed by atoms with van der Waals surface area (Å²) < 4.78 is 0. The lowest BCUT2D eigenvalue weighted by atomic mass is 10.0. The van der Waals surface area contributed by atoms with Gasteiger partial charge in [0.05, 0.1) is 0 Å². The lowest BCUT2D eigenvalue weighted by Gasteiger charge is -2.30. The van der Waals surface area contributed by atoms with Crippen molar-refractivity contribution in [3.8, 4) is 0 Å². The Balaban J connectivity index is 2.20. The fourth-order valence-electron chi connectivity index (χ4n) is 1.92. The van der Waals surface area contributed by atoms with Gasteiger partial charge in [-0.05, 0) is 26.7 Å². The first-order chi connectivity index (χ1) is 6.61. The van der Waals surface area contributed by atoms with Gasteiger partial charge in [-0.1, -0.05) is 0 Å². The van der Waals surface area contributed by atoms with Crippen molar-refractivity contribution in [2.75, 3.05) is 6.54 Å². The van der Waals surface area contributed by atoms with Crippen LogP contribution in [-0.4, -0.2) is 38.1 Å². The number of nitrogens with one attached hydrogen (secondary N) is 1. The molecule has 5 heteroatoms. The zero-order valence-corrected chi connectivity index (χ0v) is 8.45. The summed E-state index contributed by atoms with van der Waals surface area (Å²) in [5, 5.41) is 6.28. The van der Waals surface area contributed by atoms with Crippen LogP contribution < -0.4 is 0 Å². The predicted molar refractivity (Wildman–Crippen MR) is 50.7 cm³/mol. The highest BCUT2D eigenvalue weighted by Gasteiger charge is 2.36. The molecular formula is C9H14N4O. The van der Waals surface area contributed by atoms with Gasteiger partial charge in [-0.25, -0.2) is 4.98 Å². The number of amides is 1. The van der Waals surface area contributed by atoms with Crippen LogP contribution in [-0.2, 0) is 0 Å². The Bertz CT molecular complexity index is 331. The fraction of sp³-hybridized carbons (Fsp3) is 0.667. The van der Waals surface area contributed by atoms with Gasteiger partial charge >= 0.3 is 0 Å². The first-order valence-electron chi connectivity index (χ1n) is 4.78. The molecule has 0 aromatic carbocycles. The van der Waals surface area contributed by atoms with Gasteiger partial charge in [-0.3, -0.25) is 9.89 Å². The van der Waals surface area contributed by atoms with Crippen molar-refractivity contribution in [1.82, 2.24) is 20.1 Å². The lowest BCUT2D eigenvalue weighted by Crippen LogP contribution is -2.43. The summed E-state index contributed by atoms with van der Waals surface area (Å²) in [5.41, 5.74) is -0.0517. The Kier molecular flexibility index (Phi) is 2.02. The molecule has 14 heavy (non-hydrogen) atoms. The second-order valence-electron chi connectivity index (χ2n) is 4.21.